The lowest BCUT2D eigenvalue weighted by molar-refractivity contribution is -0.140. The third kappa shape index (κ3) is 6.33. The zero-order chi connectivity index (χ0) is 16.0. The molecule has 1 amide bonds. The van der Waals surface area contributed by atoms with E-state index in [1.807, 2.05) is 0 Å². The summed E-state index contributed by atoms with van der Waals surface area (Å²) in [5.41, 5.74) is -0.0715. The molecule has 118 valence electrons. The van der Waals surface area contributed by atoms with Gasteiger partial charge in [-0.2, -0.15) is 13.2 Å². The fourth-order valence-corrected chi connectivity index (χ4v) is 1.78. The molecule has 1 rings (SSSR count). The van der Waals surface area contributed by atoms with Gasteiger partial charge in [0, 0.05) is 19.2 Å². The number of alkyl halides is 3. The summed E-state index contributed by atoms with van der Waals surface area (Å²) in [5.74, 6) is -1.60. The Balaban J connectivity index is 2.53. The van der Waals surface area contributed by atoms with Gasteiger partial charge in [-0.15, -0.1) is 0 Å². The molecule has 0 aliphatic heterocycles. The molecule has 0 saturated heterocycles. The molecular formula is C13H17F3N2O3. The number of aliphatic carboxylic acids is 1. The first kappa shape index (κ1) is 17.1. The van der Waals surface area contributed by atoms with E-state index in [4.69, 9.17) is 5.11 Å². The summed E-state index contributed by atoms with van der Waals surface area (Å²) in [6, 6.07) is 2.68. The van der Waals surface area contributed by atoms with E-state index in [9.17, 15) is 22.8 Å². The van der Waals surface area contributed by atoms with Crippen molar-refractivity contribution in [1.29, 1.82) is 0 Å². The summed E-state index contributed by atoms with van der Waals surface area (Å²) < 4.78 is 37.9. The summed E-state index contributed by atoms with van der Waals surface area (Å²) in [7, 11) is 0. The van der Waals surface area contributed by atoms with E-state index in [0.29, 0.717) is 6.42 Å². The minimum Gasteiger partial charge on any atom is -0.481 e. The molecule has 1 atom stereocenters. The number of carboxylic acids is 1. The lowest BCUT2D eigenvalue weighted by Crippen LogP contribution is -2.31. The van der Waals surface area contributed by atoms with Crippen molar-refractivity contribution in [3.63, 3.8) is 0 Å². The van der Waals surface area contributed by atoms with Crippen LogP contribution in [0.25, 0.3) is 0 Å². The second-order valence-electron chi connectivity index (χ2n) is 4.88. The molecule has 1 unspecified atom stereocenters. The third-order valence-electron chi connectivity index (χ3n) is 2.87. The number of aromatic nitrogens is 1. The highest BCUT2D eigenvalue weighted by Gasteiger charge is 2.29. The van der Waals surface area contributed by atoms with Crippen LogP contribution in [0.15, 0.2) is 18.3 Å². The molecular weight excluding hydrogens is 289 g/mol. The summed E-state index contributed by atoms with van der Waals surface area (Å²) in [6.07, 6.45) is -2.83. The lowest BCUT2D eigenvalue weighted by atomic mass is 10.1. The predicted octanol–water partition coefficient (Wildman–Crippen LogP) is 2.28. The fraction of sp³-hybridized carbons (Fsp3) is 0.538. The zero-order valence-electron chi connectivity index (χ0n) is 11.5. The van der Waals surface area contributed by atoms with Crippen LogP contribution < -0.4 is 5.32 Å². The van der Waals surface area contributed by atoms with Gasteiger partial charge in [-0.1, -0.05) is 6.92 Å². The second kappa shape index (κ2) is 7.14. The van der Waals surface area contributed by atoms with Crippen LogP contribution in [0.4, 0.5) is 13.2 Å². The van der Waals surface area contributed by atoms with Crippen LogP contribution in [-0.2, 0) is 11.3 Å². The van der Waals surface area contributed by atoms with Crippen molar-refractivity contribution in [2.45, 2.75) is 32.5 Å². The van der Waals surface area contributed by atoms with Crippen LogP contribution in [0.3, 0.4) is 0 Å². The highest BCUT2D eigenvalue weighted by atomic mass is 19.4. The molecule has 0 aliphatic carbocycles. The number of carbonyl (C=O) groups excluding carboxylic acids is 1. The fourth-order valence-electron chi connectivity index (χ4n) is 1.78. The first-order valence-corrected chi connectivity index (χ1v) is 6.41. The predicted molar refractivity (Wildman–Crippen MR) is 68.9 cm³/mol. The number of hydrogen-bond acceptors (Lipinski definition) is 2. The van der Waals surface area contributed by atoms with Gasteiger partial charge in [0.2, 0.25) is 0 Å². The maximum atomic E-state index is 12.3. The number of carbonyl (C=O) groups is 2. The molecule has 21 heavy (non-hydrogen) atoms. The van der Waals surface area contributed by atoms with E-state index in [0.717, 1.165) is 4.57 Å². The van der Waals surface area contributed by atoms with Gasteiger partial charge in [0.15, 0.2) is 0 Å². The number of amides is 1. The summed E-state index contributed by atoms with van der Waals surface area (Å²) >= 11 is 0. The molecule has 0 saturated carbocycles. The molecule has 1 aromatic heterocycles. The van der Waals surface area contributed by atoms with Crippen molar-refractivity contribution in [3.05, 3.63) is 24.0 Å². The van der Waals surface area contributed by atoms with Crippen molar-refractivity contribution in [2.75, 3.05) is 6.54 Å². The second-order valence-corrected chi connectivity index (χ2v) is 4.88. The van der Waals surface area contributed by atoms with Gasteiger partial charge in [-0.3, -0.25) is 9.59 Å². The number of hydrogen-bond donors (Lipinski definition) is 2. The van der Waals surface area contributed by atoms with E-state index in [-0.39, 0.29) is 24.6 Å². The first-order chi connectivity index (χ1) is 9.69. The van der Waals surface area contributed by atoms with Crippen molar-refractivity contribution in [2.24, 2.45) is 5.92 Å². The minimum atomic E-state index is -4.40. The standard InChI is InChI=1S/C13H17F3N2O3/c1-9(4-5-11(19)20)7-17-12(21)10-3-2-6-18(10)8-13(14,15)16/h2-3,6,9H,4-5,7-8H2,1H3,(H,17,21)(H,19,20). The van der Waals surface area contributed by atoms with Crippen molar-refractivity contribution < 1.29 is 27.9 Å². The van der Waals surface area contributed by atoms with E-state index < -0.39 is 24.6 Å². The molecule has 8 heteroatoms. The van der Waals surface area contributed by atoms with Gasteiger partial charge in [0.1, 0.15) is 12.2 Å². The highest BCUT2D eigenvalue weighted by molar-refractivity contribution is 5.92. The van der Waals surface area contributed by atoms with E-state index in [1.54, 1.807) is 6.92 Å². The van der Waals surface area contributed by atoms with E-state index in [2.05, 4.69) is 5.32 Å². The van der Waals surface area contributed by atoms with Crippen LogP contribution in [0.2, 0.25) is 0 Å². The number of nitrogens with zero attached hydrogens (tertiary/aromatic N) is 1. The van der Waals surface area contributed by atoms with Gasteiger partial charge in [-0.25, -0.2) is 0 Å². The Morgan fingerprint density at radius 1 is 1.43 bits per heavy atom. The topological polar surface area (TPSA) is 71.3 Å². The maximum absolute atomic E-state index is 12.3. The van der Waals surface area contributed by atoms with Gasteiger partial charge >= 0.3 is 12.1 Å². The Hall–Kier alpha value is -1.99. The highest BCUT2D eigenvalue weighted by Crippen LogP contribution is 2.19. The Kier molecular flexibility index (Phi) is 5.80. The largest absolute Gasteiger partial charge is 0.481 e. The molecule has 2 N–H and O–H groups in total. The average Bonchev–Trinajstić information content (AvgIpc) is 2.79. The molecule has 0 radical (unpaired) electrons. The smallest absolute Gasteiger partial charge is 0.406 e. The zero-order valence-corrected chi connectivity index (χ0v) is 11.5. The number of rotatable bonds is 7. The Bertz CT molecular complexity index is 497. The SMILES string of the molecule is CC(CCC(=O)O)CNC(=O)c1cccn1CC(F)(F)F. The average molecular weight is 306 g/mol. The molecule has 0 fully saturated rings. The van der Waals surface area contributed by atoms with Crippen LogP contribution >= 0.6 is 0 Å². The van der Waals surface area contributed by atoms with Gasteiger partial charge in [0.05, 0.1) is 0 Å². The minimum absolute atomic E-state index is 0.0124. The van der Waals surface area contributed by atoms with Crippen molar-refractivity contribution in [3.8, 4) is 0 Å². The van der Waals surface area contributed by atoms with Crippen LogP contribution in [0.5, 0.6) is 0 Å². The molecule has 0 aliphatic rings. The maximum Gasteiger partial charge on any atom is 0.406 e. The Morgan fingerprint density at radius 3 is 2.67 bits per heavy atom. The normalized spacial score (nSPS) is 13.0. The Morgan fingerprint density at radius 2 is 2.10 bits per heavy atom. The number of halogens is 3. The molecule has 1 heterocycles. The monoisotopic (exact) mass is 306 g/mol. The summed E-state index contributed by atoms with van der Waals surface area (Å²) in [5, 5.41) is 11.1. The van der Waals surface area contributed by atoms with E-state index >= 15 is 0 Å². The van der Waals surface area contributed by atoms with Crippen molar-refractivity contribution >= 4 is 11.9 Å². The van der Waals surface area contributed by atoms with Crippen molar-refractivity contribution in [1.82, 2.24) is 9.88 Å². The van der Waals surface area contributed by atoms with Crippen LogP contribution in [-0.4, -0.2) is 34.3 Å². The van der Waals surface area contributed by atoms with Gasteiger partial charge in [-0.05, 0) is 24.5 Å². The molecule has 5 nitrogen and oxygen atoms in total. The quantitative estimate of drug-likeness (QED) is 0.812. The third-order valence-corrected chi connectivity index (χ3v) is 2.87. The summed E-state index contributed by atoms with van der Waals surface area (Å²) in [6.45, 7) is 0.749. The molecule has 0 spiro atoms. The lowest BCUT2D eigenvalue weighted by Gasteiger charge is -2.14. The Labute approximate surface area is 119 Å². The molecule has 0 aromatic carbocycles. The van der Waals surface area contributed by atoms with E-state index in [1.165, 1.54) is 18.3 Å². The first-order valence-electron chi connectivity index (χ1n) is 6.41. The number of nitrogens with one attached hydrogen (secondary N) is 1. The summed E-state index contributed by atoms with van der Waals surface area (Å²) in [4.78, 5) is 22.2. The molecule has 0 bridgehead atoms. The number of carboxylic acid groups (broad SMARTS) is 1. The van der Waals surface area contributed by atoms with Gasteiger partial charge in [0.25, 0.3) is 5.91 Å². The van der Waals surface area contributed by atoms with Crippen LogP contribution in [0.1, 0.15) is 30.3 Å². The van der Waals surface area contributed by atoms with Gasteiger partial charge < -0.3 is 15.0 Å². The van der Waals surface area contributed by atoms with Crippen LogP contribution in [0, 0.1) is 5.92 Å². The molecule has 1 aromatic rings.